The first-order chi connectivity index (χ1) is 14.0. The predicted octanol–water partition coefficient (Wildman–Crippen LogP) is 7.14. The number of aryl methyl sites for hydroxylation is 2. The summed E-state index contributed by atoms with van der Waals surface area (Å²) >= 11 is 0. The molecule has 0 bridgehead atoms. The van der Waals surface area contributed by atoms with Crippen molar-refractivity contribution in [2.24, 2.45) is 0 Å². The molecule has 0 saturated carbocycles. The van der Waals surface area contributed by atoms with Crippen molar-refractivity contribution in [2.45, 2.75) is 44.9 Å². The van der Waals surface area contributed by atoms with Gasteiger partial charge in [-0.2, -0.15) is 0 Å². The van der Waals surface area contributed by atoms with Gasteiger partial charge in [-0.05, 0) is 83.2 Å². The summed E-state index contributed by atoms with van der Waals surface area (Å²) in [5.74, 6) is -3.87. The van der Waals surface area contributed by atoms with Gasteiger partial charge < -0.3 is 0 Å². The molecule has 0 spiro atoms. The maximum absolute atomic E-state index is 14.6. The molecular weight excluding hydrogens is 376 g/mol. The lowest BCUT2D eigenvalue weighted by atomic mass is 9.79. The first-order valence-electron chi connectivity index (χ1n) is 10.0. The molecule has 150 valence electrons. The predicted molar refractivity (Wildman–Crippen MR) is 107 cm³/mol. The van der Waals surface area contributed by atoms with Crippen molar-refractivity contribution >= 4 is 0 Å². The third-order valence-corrected chi connectivity index (χ3v) is 5.80. The van der Waals surface area contributed by atoms with Crippen molar-refractivity contribution in [3.8, 4) is 11.1 Å². The highest BCUT2D eigenvalue weighted by Crippen LogP contribution is 2.36. The van der Waals surface area contributed by atoms with Crippen LogP contribution in [0.15, 0.2) is 48.5 Å². The van der Waals surface area contributed by atoms with Crippen LogP contribution in [0.2, 0.25) is 0 Å². The smallest absolute Gasteiger partial charge is 0.194 e. The topological polar surface area (TPSA) is 0 Å². The molecule has 0 amide bonds. The Balaban J connectivity index is 1.59. The third kappa shape index (κ3) is 3.93. The Morgan fingerprint density at radius 1 is 0.793 bits per heavy atom. The second-order valence-electron chi connectivity index (χ2n) is 7.78. The van der Waals surface area contributed by atoms with E-state index in [0.717, 1.165) is 66.5 Å². The lowest BCUT2D eigenvalue weighted by molar-refractivity contribution is 0.447. The summed E-state index contributed by atoms with van der Waals surface area (Å²) in [6, 6.07) is 13.2. The minimum Gasteiger partial charge on any atom is -0.207 e. The van der Waals surface area contributed by atoms with Crippen LogP contribution in [-0.4, -0.2) is 0 Å². The van der Waals surface area contributed by atoms with Crippen molar-refractivity contribution < 1.29 is 17.6 Å². The lowest BCUT2D eigenvalue weighted by Crippen LogP contribution is -2.14. The Kier molecular flexibility index (Phi) is 5.44. The maximum atomic E-state index is 14.6. The molecule has 0 fully saturated rings. The van der Waals surface area contributed by atoms with Crippen LogP contribution in [-0.2, 0) is 19.3 Å². The van der Waals surface area contributed by atoms with Crippen molar-refractivity contribution in [1.82, 2.24) is 0 Å². The van der Waals surface area contributed by atoms with E-state index in [9.17, 15) is 17.6 Å². The summed E-state index contributed by atoms with van der Waals surface area (Å²) in [6.45, 7) is 2.08. The van der Waals surface area contributed by atoms with Crippen molar-refractivity contribution in [1.29, 1.82) is 0 Å². The van der Waals surface area contributed by atoms with Gasteiger partial charge in [0.2, 0.25) is 0 Å². The third-order valence-electron chi connectivity index (χ3n) is 5.80. The van der Waals surface area contributed by atoms with Gasteiger partial charge in [0.1, 0.15) is 5.82 Å². The zero-order valence-corrected chi connectivity index (χ0v) is 16.2. The first-order valence-corrected chi connectivity index (χ1v) is 10.0. The highest BCUT2D eigenvalue weighted by atomic mass is 19.2. The normalized spacial score (nSPS) is 16.0. The number of rotatable bonds is 4. The van der Waals surface area contributed by atoms with E-state index in [1.807, 2.05) is 24.3 Å². The fourth-order valence-electron chi connectivity index (χ4n) is 4.27. The van der Waals surface area contributed by atoms with Crippen molar-refractivity contribution in [2.75, 3.05) is 0 Å². The van der Waals surface area contributed by atoms with Crippen LogP contribution < -0.4 is 0 Å². The second kappa shape index (κ2) is 8.02. The van der Waals surface area contributed by atoms with E-state index in [1.165, 1.54) is 0 Å². The molecule has 29 heavy (non-hydrogen) atoms. The number of hydrogen-bond acceptors (Lipinski definition) is 0. The van der Waals surface area contributed by atoms with Gasteiger partial charge in [-0.3, -0.25) is 0 Å². The molecule has 0 N–H and O–H groups in total. The summed E-state index contributed by atoms with van der Waals surface area (Å²) in [5.41, 5.74) is 4.94. The fraction of sp³-hybridized carbons (Fsp3) is 0.280. The van der Waals surface area contributed by atoms with Crippen LogP contribution in [0.4, 0.5) is 17.6 Å². The minimum atomic E-state index is -1.46. The average molecular weight is 398 g/mol. The Morgan fingerprint density at radius 3 is 2.24 bits per heavy atom. The van der Waals surface area contributed by atoms with E-state index in [0.29, 0.717) is 11.1 Å². The summed E-state index contributed by atoms with van der Waals surface area (Å²) in [7, 11) is 0. The summed E-state index contributed by atoms with van der Waals surface area (Å²) in [4.78, 5) is 0. The van der Waals surface area contributed by atoms with E-state index >= 15 is 0 Å². The standard InChI is InChI=1S/C25H22F4/c1-2-3-15-4-9-21(22(26)10-15)19-8-7-16-11-18(6-5-17(16)12-19)20-13-23(27)25(29)24(28)14-20/h4-6,9-11,13-14,19H,2-3,7-8,12H2,1H3. The van der Waals surface area contributed by atoms with Gasteiger partial charge in [-0.1, -0.05) is 43.7 Å². The number of halogens is 4. The van der Waals surface area contributed by atoms with Gasteiger partial charge in [0, 0.05) is 0 Å². The molecule has 0 nitrogen and oxygen atoms in total. The summed E-state index contributed by atoms with van der Waals surface area (Å²) in [5, 5.41) is 0. The number of fused-ring (bicyclic) bond motifs is 1. The van der Waals surface area contributed by atoms with E-state index in [2.05, 4.69) is 6.92 Å². The van der Waals surface area contributed by atoms with E-state index < -0.39 is 17.5 Å². The maximum Gasteiger partial charge on any atom is 0.194 e. The van der Waals surface area contributed by atoms with Gasteiger partial charge in [0.05, 0.1) is 0 Å². The van der Waals surface area contributed by atoms with Gasteiger partial charge in [0.15, 0.2) is 17.5 Å². The van der Waals surface area contributed by atoms with Crippen LogP contribution in [0.25, 0.3) is 11.1 Å². The first kappa shape index (κ1) is 19.7. The quantitative estimate of drug-likeness (QED) is 0.324. The zero-order valence-electron chi connectivity index (χ0n) is 16.2. The average Bonchev–Trinajstić information content (AvgIpc) is 2.71. The van der Waals surface area contributed by atoms with Gasteiger partial charge in [-0.25, -0.2) is 17.6 Å². The molecule has 1 aliphatic carbocycles. The van der Waals surface area contributed by atoms with Crippen molar-refractivity contribution in [3.05, 3.63) is 94.1 Å². The number of benzene rings is 3. The zero-order chi connectivity index (χ0) is 20.5. The van der Waals surface area contributed by atoms with Gasteiger partial charge in [0.25, 0.3) is 0 Å². The second-order valence-corrected chi connectivity index (χ2v) is 7.78. The van der Waals surface area contributed by atoms with Crippen LogP contribution in [0.3, 0.4) is 0 Å². The molecule has 0 aliphatic heterocycles. The SMILES string of the molecule is CCCc1ccc(C2CCc3cc(-c4cc(F)c(F)c(F)c4)ccc3C2)c(F)c1. The molecule has 0 saturated heterocycles. The summed E-state index contributed by atoms with van der Waals surface area (Å²) < 4.78 is 55.0. The molecule has 1 atom stereocenters. The van der Waals surface area contributed by atoms with Crippen molar-refractivity contribution in [3.63, 3.8) is 0 Å². The van der Waals surface area contributed by atoms with E-state index in [-0.39, 0.29) is 11.7 Å². The van der Waals surface area contributed by atoms with Crippen LogP contribution in [0.5, 0.6) is 0 Å². The highest BCUT2D eigenvalue weighted by molar-refractivity contribution is 5.65. The van der Waals surface area contributed by atoms with Gasteiger partial charge in [-0.15, -0.1) is 0 Å². The highest BCUT2D eigenvalue weighted by Gasteiger charge is 2.23. The molecule has 0 aromatic heterocycles. The fourth-order valence-corrected chi connectivity index (χ4v) is 4.27. The largest absolute Gasteiger partial charge is 0.207 e. The monoisotopic (exact) mass is 398 g/mol. The molecule has 3 aromatic carbocycles. The lowest BCUT2D eigenvalue weighted by Gasteiger charge is -2.26. The van der Waals surface area contributed by atoms with E-state index in [4.69, 9.17) is 0 Å². The summed E-state index contributed by atoms with van der Waals surface area (Å²) in [6.07, 6.45) is 4.16. The molecule has 3 aromatic rings. The molecule has 1 unspecified atom stereocenters. The molecular formula is C25H22F4. The minimum absolute atomic E-state index is 0.115. The van der Waals surface area contributed by atoms with E-state index in [1.54, 1.807) is 12.1 Å². The molecule has 1 aliphatic rings. The molecule has 0 radical (unpaired) electrons. The Morgan fingerprint density at radius 2 is 1.55 bits per heavy atom. The molecule has 4 heteroatoms. The van der Waals surface area contributed by atoms with Crippen LogP contribution in [0, 0.1) is 23.3 Å². The number of hydrogen-bond donors (Lipinski definition) is 0. The molecule has 0 heterocycles. The molecule has 4 rings (SSSR count). The van der Waals surface area contributed by atoms with Crippen LogP contribution >= 0.6 is 0 Å². The Bertz CT molecular complexity index is 1030. The van der Waals surface area contributed by atoms with Crippen LogP contribution in [0.1, 0.15) is 47.9 Å². The Labute approximate surface area is 168 Å². The van der Waals surface area contributed by atoms with Gasteiger partial charge >= 0.3 is 0 Å². The Hall–Kier alpha value is -2.62.